The molecule has 1 fully saturated rings. The van der Waals surface area contributed by atoms with Gasteiger partial charge in [-0.1, -0.05) is 0 Å². The summed E-state index contributed by atoms with van der Waals surface area (Å²) in [6, 6.07) is 7.08. The van der Waals surface area contributed by atoms with Crippen molar-refractivity contribution in [2.24, 2.45) is 5.90 Å². The number of ether oxygens (including phenoxy) is 2. The third-order valence-electron chi connectivity index (χ3n) is 4.38. The minimum Gasteiger partial charge on any atom is -0.490 e. The Bertz CT molecular complexity index is 694. The van der Waals surface area contributed by atoms with Crippen molar-refractivity contribution >= 4 is 18.2 Å². The normalized spacial score (nSPS) is 16.1. The quantitative estimate of drug-likeness (QED) is 0.273. The number of piperidine rings is 1. The summed E-state index contributed by atoms with van der Waals surface area (Å²) >= 11 is 0. The molecule has 29 heavy (non-hydrogen) atoms. The SMILES string of the molecule is CC(C)(C)OC(=O)N1CCC(NC(=N)c2ccc(OC[C@@H](C=O)ON)cc2)CC1. The second kappa shape index (κ2) is 10.2. The van der Waals surface area contributed by atoms with Crippen molar-refractivity contribution in [1.82, 2.24) is 10.2 Å². The van der Waals surface area contributed by atoms with Crippen molar-refractivity contribution in [3.8, 4) is 5.75 Å². The first kappa shape index (κ1) is 22.6. The summed E-state index contributed by atoms with van der Waals surface area (Å²) in [6.07, 6.45) is 0.950. The largest absolute Gasteiger partial charge is 0.490 e. The van der Waals surface area contributed by atoms with Crippen LogP contribution in [0.1, 0.15) is 39.2 Å². The molecule has 2 rings (SSSR count). The number of amides is 1. The van der Waals surface area contributed by atoms with Gasteiger partial charge in [0.15, 0.2) is 12.4 Å². The zero-order chi connectivity index (χ0) is 21.4. The predicted octanol–water partition coefficient (Wildman–Crippen LogP) is 1.84. The molecule has 4 N–H and O–H groups in total. The molecular weight excluding hydrogens is 376 g/mol. The van der Waals surface area contributed by atoms with Crippen molar-refractivity contribution in [1.29, 1.82) is 5.41 Å². The average Bonchev–Trinajstić information content (AvgIpc) is 2.68. The van der Waals surface area contributed by atoms with E-state index in [0.717, 1.165) is 12.8 Å². The Kier molecular flexibility index (Phi) is 7.98. The topological polar surface area (TPSA) is 127 Å². The standard InChI is InChI=1S/C20H30N4O5/c1-20(2,3)28-19(26)24-10-8-15(9-11-24)23-18(21)14-4-6-16(7-5-14)27-13-17(12-25)29-22/h4-7,12,15,17H,8-11,13,22H2,1-3H3,(H2,21,23)/t17-/m1/s1. The fourth-order valence-electron chi connectivity index (χ4n) is 2.83. The Labute approximate surface area is 170 Å². The van der Waals surface area contributed by atoms with E-state index in [-0.39, 0.29) is 18.7 Å². The van der Waals surface area contributed by atoms with Gasteiger partial charge in [0.2, 0.25) is 0 Å². The highest BCUT2D eigenvalue weighted by atomic mass is 16.6. The predicted molar refractivity (Wildman–Crippen MR) is 108 cm³/mol. The highest BCUT2D eigenvalue weighted by molar-refractivity contribution is 5.96. The maximum absolute atomic E-state index is 12.1. The van der Waals surface area contributed by atoms with Gasteiger partial charge in [0, 0.05) is 24.7 Å². The number of benzene rings is 1. The van der Waals surface area contributed by atoms with Crippen LogP contribution in [0.2, 0.25) is 0 Å². The number of aldehydes is 1. The van der Waals surface area contributed by atoms with E-state index >= 15 is 0 Å². The van der Waals surface area contributed by atoms with Gasteiger partial charge in [0.1, 0.15) is 23.8 Å². The number of likely N-dealkylation sites (tertiary alicyclic amines) is 1. The van der Waals surface area contributed by atoms with E-state index < -0.39 is 11.7 Å². The number of rotatable bonds is 7. The van der Waals surface area contributed by atoms with Crippen LogP contribution in [0.5, 0.6) is 5.75 Å². The Morgan fingerprint density at radius 1 is 1.31 bits per heavy atom. The van der Waals surface area contributed by atoms with Crippen molar-refractivity contribution in [2.75, 3.05) is 19.7 Å². The molecule has 9 heteroatoms. The lowest BCUT2D eigenvalue weighted by molar-refractivity contribution is -0.120. The van der Waals surface area contributed by atoms with E-state index in [2.05, 4.69) is 10.2 Å². The zero-order valence-corrected chi connectivity index (χ0v) is 17.1. The summed E-state index contributed by atoms with van der Waals surface area (Å²) in [4.78, 5) is 28.9. The molecular formula is C20H30N4O5. The lowest BCUT2D eigenvalue weighted by atomic mass is 10.0. The third kappa shape index (κ3) is 7.35. The van der Waals surface area contributed by atoms with E-state index in [1.54, 1.807) is 29.2 Å². The van der Waals surface area contributed by atoms with Crippen molar-refractivity contribution in [3.63, 3.8) is 0 Å². The molecule has 160 valence electrons. The van der Waals surface area contributed by atoms with Crippen molar-refractivity contribution in [3.05, 3.63) is 29.8 Å². The first-order valence-electron chi connectivity index (χ1n) is 9.59. The number of nitrogens with one attached hydrogen (secondary N) is 2. The van der Waals surface area contributed by atoms with E-state index in [9.17, 15) is 9.59 Å². The molecule has 0 aromatic heterocycles. The second-order valence-electron chi connectivity index (χ2n) is 7.91. The van der Waals surface area contributed by atoms with Crippen LogP contribution in [0, 0.1) is 5.41 Å². The number of nitrogens with two attached hydrogens (primary N) is 1. The summed E-state index contributed by atoms with van der Waals surface area (Å²) in [6.45, 7) is 6.75. The first-order chi connectivity index (χ1) is 13.7. The molecule has 0 unspecified atom stereocenters. The minimum absolute atomic E-state index is 0.0191. The van der Waals surface area contributed by atoms with Crippen molar-refractivity contribution in [2.45, 2.75) is 51.4 Å². The highest BCUT2D eigenvalue weighted by Gasteiger charge is 2.27. The van der Waals surface area contributed by atoms with Gasteiger partial charge in [-0.2, -0.15) is 0 Å². The average molecular weight is 406 g/mol. The van der Waals surface area contributed by atoms with E-state index in [1.165, 1.54) is 0 Å². The van der Waals surface area contributed by atoms with Crippen LogP contribution in [0.15, 0.2) is 24.3 Å². The smallest absolute Gasteiger partial charge is 0.410 e. The van der Waals surface area contributed by atoms with Crippen LogP contribution in [0.25, 0.3) is 0 Å². The molecule has 9 nitrogen and oxygen atoms in total. The maximum atomic E-state index is 12.1. The molecule has 1 heterocycles. The second-order valence-corrected chi connectivity index (χ2v) is 7.91. The molecule has 0 saturated carbocycles. The first-order valence-corrected chi connectivity index (χ1v) is 9.59. The minimum atomic E-state index is -0.818. The van der Waals surface area contributed by atoms with Crippen LogP contribution < -0.4 is 16.0 Å². The number of carbonyl (C=O) groups excluding carboxylic acids is 2. The lowest BCUT2D eigenvalue weighted by Crippen LogP contribution is -2.47. The van der Waals surface area contributed by atoms with Gasteiger partial charge in [-0.25, -0.2) is 10.7 Å². The number of hydrogen-bond donors (Lipinski definition) is 3. The Balaban J connectivity index is 1.79. The number of hydrogen-bond acceptors (Lipinski definition) is 7. The lowest BCUT2D eigenvalue weighted by Gasteiger charge is -2.34. The Hall–Kier alpha value is -2.65. The van der Waals surface area contributed by atoms with Gasteiger partial charge < -0.3 is 24.5 Å². The molecule has 1 amide bonds. The molecule has 1 aromatic carbocycles. The fraction of sp³-hybridized carbons (Fsp3) is 0.550. The molecule has 0 aliphatic carbocycles. The maximum Gasteiger partial charge on any atom is 0.410 e. The molecule has 1 aliphatic rings. The molecule has 1 atom stereocenters. The van der Waals surface area contributed by atoms with Gasteiger partial charge in [0.25, 0.3) is 0 Å². The number of amidine groups is 1. The number of nitrogens with zero attached hydrogens (tertiary/aromatic N) is 1. The zero-order valence-electron chi connectivity index (χ0n) is 17.1. The fourth-order valence-corrected chi connectivity index (χ4v) is 2.83. The molecule has 1 aromatic rings. The Morgan fingerprint density at radius 3 is 2.45 bits per heavy atom. The molecule has 0 spiro atoms. The third-order valence-corrected chi connectivity index (χ3v) is 4.38. The molecule has 1 aliphatic heterocycles. The number of carbonyl (C=O) groups is 2. The van der Waals surface area contributed by atoms with Gasteiger partial charge in [-0.05, 0) is 57.9 Å². The van der Waals surface area contributed by atoms with Crippen molar-refractivity contribution < 1.29 is 23.9 Å². The van der Waals surface area contributed by atoms with Crippen LogP contribution >= 0.6 is 0 Å². The van der Waals surface area contributed by atoms with E-state index in [4.69, 9.17) is 20.8 Å². The summed E-state index contributed by atoms with van der Waals surface area (Å²) in [5.41, 5.74) is 0.212. The molecule has 0 bridgehead atoms. The summed E-state index contributed by atoms with van der Waals surface area (Å²) in [7, 11) is 0. The van der Waals surface area contributed by atoms with Crippen LogP contribution in [0.4, 0.5) is 4.79 Å². The highest BCUT2D eigenvalue weighted by Crippen LogP contribution is 2.17. The van der Waals surface area contributed by atoms with Crippen LogP contribution in [0.3, 0.4) is 0 Å². The van der Waals surface area contributed by atoms with E-state index in [0.29, 0.717) is 36.5 Å². The summed E-state index contributed by atoms with van der Waals surface area (Å²) < 4.78 is 10.8. The van der Waals surface area contributed by atoms with E-state index in [1.807, 2.05) is 20.8 Å². The van der Waals surface area contributed by atoms with Gasteiger partial charge in [-0.3, -0.25) is 10.2 Å². The summed E-state index contributed by atoms with van der Waals surface area (Å²) in [5.74, 6) is 5.84. The summed E-state index contributed by atoms with van der Waals surface area (Å²) in [5, 5.41) is 11.5. The van der Waals surface area contributed by atoms with Gasteiger partial charge >= 0.3 is 6.09 Å². The van der Waals surface area contributed by atoms with Crippen LogP contribution in [-0.4, -0.2) is 60.6 Å². The molecule has 1 saturated heterocycles. The van der Waals surface area contributed by atoms with Gasteiger partial charge in [0.05, 0.1) is 0 Å². The van der Waals surface area contributed by atoms with Gasteiger partial charge in [-0.15, -0.1) is 0 Å². The monoisotopic (exact) mass is 406 g/mol. The molecule has 0 radical (unpaired) electrons. The Morgan fingerprint density at radius 2 is 1.93 bits per heavy atom. The van der Waals surface area contributed by atoms with Crippen LogP contribution in [-0.2, 0) is 14.4 Å².